The Balaban J connectivity index is 2.03. The molecular formula is C11H12S. The van der Waals surface area contributed by atoms with Crippen LogP contribution >= 0.6 is 11.3 Å². The Morgan fingerprint density at radius 2 is 2.42 bits per heavy atom. The third-order valence-electron chi connectivity index (χ3n) is 2.08. The van der Waals surface area contributed by atoms with Gasteiger partial charge in [0.05, 0.1) is 0 Å². The maximum atomic E-state index is 2.25. The van der Waals surface area contributed by atoms with Crippen molar-refractivity contribution in [3.05, 3.63) is 46.2 Å². The van der Waals surface area contributed by atoms with Crippen molar-refractivity contribution in [1.82, 2.24) is 0 Å². The smallest absolute Gasteiger partial charge is 0.00857 e. The first-order valence-corrected chi connectivity index (χ1v) is 5.20. The van der Waals surface area contributed by atoms with Gasteiger partial charge in [-0.05, 0) is 24.3 Å². The van der Waals surface area contributed by atoms with Gasteiger partial charge in [-0.1, -0.05) is 29.9 Å². The number of thiophene rings is 1. The first-order chi connectivity index (χ1) is 5.95. The molecular weight excluding hydrogens is 164 g/mol. The van der Waals surface area contributed by atoms with Crippen LogP contribution in [0.25, 0.3) is 0 Å². The van der Waals surface area contributed by atoms with Crippen LogP contribution in [0.3, 0.4) is 0 Å². The first kappa shape index (κ1) is 7.81. The highest BCUT2D eigenvalue weighted by atomic mass is 32.1. The lowest BCUT2D eigenvalue weighted by atomic mass is 10.0. The maximum absolute atomic E-state index is 2.25. The lowest BCUT2D eigenvalue weighted by Gasteiger charge is -2.06. The molecule has 0 saturated carbocycles. The average Bonchev–Trinajstić information content (AvgIpc) is 2.59. The fraction of sp³-hybridized carbons (Fsp3) is 0.273. The highest BCUT2D eigenvalue weighted by Gasteiger charge is 2.01. The topological polar surface area (TPSA) is 0 Å². The fourth-order valence-corrected chi connectivity index (χ4v) is 2.19. The summed E-state index contributed by atoms with van der Waals surface area (Å²) in [5, 5.41) is 2.15. The van der Waals surface area contributed by atoms with Crippen molar-refractivity contribution in [3.8, 4) is 0 Å². The molecule has 0 saturated heterocycles. The summed E-state index contributed by atoms with van der Waals surface area (Å²) >= 11 is 1.85. The molecule has 1 aromatic rings. The van der Waals surface area contributed by atoms with Gasteiger partial charge < -0.3 is 0 Å². The third-order valence-corrected chi connectivity index (χ3v) is 2.96. The predicted molar refractivity (Wildman–Crippen MR) is 54.5 cm³/mol. The highest BCUT2D eigenvalue weighted by Crippen LogP contribution is 2.19. The van der Waals surface area contributed by atoms with Crippen LogP contribution in [0.1, 0.15) is 17.7 Å². The average molecular weight is 176 g/mol. The van der Waals surface area contributed by atoms with E-state index in [-0.39, 0.29) is 0 Å². The molecule has 0 fully saturated rings. The number of hydrogen-bond acceptors (Lipinski definition) is 1. The van der Waals surface area contributed by atoms with Gasteiger partial charge in [-0.15, -0.1) is 11.3 Å². The first-order valence-electron chi connectivity index (χ1n) is 4.32. The zero-order valence-corrected chi connectivity index (χ0v) is 7.81. The van der Waals surface area contributed by atoms with Crippen LogP contribution in [0.2, 0.25) is 0 Å². The normalized spacial score (nSPS) is 16.2. The minimum Gasteiger partial charge on any atom is -0.149 e. The Morgan fingerprint density at radius 3 is 3.08 bits per heavy atom. The van der Waals surface area contributed by atoms with Crippen molar-refractivity contribution in [2.75, 3.05) is 0 Å². The summed E-state index contributed by atoms with van der Waals surface area (Å²) < 4.78 is 0. The summed E-state index contributed by atoms with van der Waals surface area (Å²) in [5.74, 6) is 0. The Morgan fingerprint density at radius 1 is 1.42 bits per heavy atom. The molecule has 0 nitrogen and oxygen atoms in total. The molecule has 1 aliphatic carbocycles. The molecule has 0 amide bonds. The van der Waals surface area contributed by atoms with Crippen LogP contribution in [-0.2, 0) is 6.42 Å². The van der Waals surface area contributed by atoms with Crippen LogP contribution in [0.4, 0.5) is 0 Å². The molecule has 0 unspecified atom stereocenters. The van der Waals surface area contributed by atoms with Crippen molar-refractivity contribution in [1.29, 1.82) is 0 Å². The van der Waals surface area contributed by atoms with E-state index >= 15 is 0 Å². The Kier molecular flexibility index (Phi) is 2.42. The molecule has 62 valence electrons. The molecule has 0 bridgehead atoms. The number of hydrogen-bond donors (Lipinski definition) is 0. The standard InChI is InChI=1S/C11H12S/c1-2-5-10(6-3-1)9-11-7-4-8-12-11/h1-2,4-5,7-8H,3,6,9H2. The van der Waals surface area contributed by atoms with E-state index in [1.54, 1.807) is 5.57 Å². The van der Waals surface area contributed by atoms with Gasteiger partial charge in [-0.3, -0.25) is 0 Å². The molecule has 0 aliphatic heterocycles. The Bertz CT molecular complexity index is 291. The molecule has 0 aromatic carbocycles. The van der Waals surface area contributed by atoms with E-state index in [0.717, 1.165) is 6.42 Å². The lowest BCUT2D eigenvalue weighted by Crippen LogP contribution is -1.90. The van der Waals surface area contributed by atoms with Crippen molar-refractivity contribution in [3.63, 3.8) is 0 Å². The second-order valence-electron chi connectivity index (χ2n) is 3.05. The van der Waals surface area contributed by atoms with Crippen molar-refractivity contribution in [2.45, 2.75) is 19.3 Å². The molecule has 0 spiro atoms. The summed E-state index contributed by atoms with van der Waals surface area (Å²) in [7, 11) is 0. The van der Waals surface area contributed by atoms with Crippen LogP contribution in [0, 0.1) is 0 Å². The molecule has 1 aliphatic rings. The molecule has 0 radical (unpaired) electrons. The van der Waals surface area contributed by atoms with E-state index in [0.29, 0.717) is 0 Å². The van der Waals surface area contributed by atoms with Crippen molar-refractivity contribution in [2.24, 2.45) is 0 Å². The highest BCUT2D eigenvalue weighted by molar-refractivity contribution is 7.09. The fourth-order valence-electron chi connectivity index (χ4n) is 1.44. The largest absolute Gasteiger partial charge is 0.149 e. The van der Waals surface area contributed by atoms with E-state index in [9.17, 15) is 0 Å². The molecule has 0 N–H and O–H groups in total. The second kappa shape index (κ2) is 3.72. The zero-order valence-electron chi connectivity index (χ0n) is 6.99. The summed E-state index contributed by atoms with van der Waals surface area (Å²) in [6.45, 7) is 0. The van der Waals surface area contributed by atoms with Crippen LogP contribution < -0.4 is 0 Å². The van der Waals surface area contributed by atoms with Gasteiger partial charge in [0.2, 0.25) is 0 Å². The Hall–Kier alpha value is -0.820. The van der Waals surface area contributed by atoms with E-state index in [4.69, 9.17) is 0 Å². The van der Waals surface area contributed by atoms with Gasteiger partial charge in [-0.25, -0.2) is 0 Å². The van der Waals surface area contributed by atoms with Crippen LogP contribution in [-0.4, -0.2) is 0 Å². The number of allylic oxidation sites excluding steroid dienone is 4. The zero-order chi connectivity index (χ0) is 8.23. The van der Waals surface area contributed by atoms with E-state index in [1.165, 1.54) is 17.7 Å². The monoisotopic (exact) mass is 176 g/mol. The molecule has 2 rings (SSSR count). The van der Waals surface area contributed by atoms with E-state index in [2.05, 4.69) is 35.7 Å². The third kappa shape index (κ3) is 1.86. The van der Waals surface area contributed by atoms with Crippen LogP contribution in [0.15, 0.2) is 41.3 Å². The van der Waals surface area contributed by atoms with Crippen molar-refractivity contribution < 1.29 is 0 Å². The van der Waals surface area contributed by atoms with Gasteiger partial charge >= 0.3 is 0 Å². The molecule has 1 aromatic heterocycles. The summed E-state index contributed by atoms with van der Waals surface area (Å²) in [5.41, 5.74) is 1.57. The van der Waals surface area contributed by atoms with Crippen molar-refractivity contribution >= 4 is 11.3 Å². The summed E-state index contributed by atoms with van der Waals surface area (Å²) in [6.07, 6.45) is 10.3. The summed E-state index contributed by atoms with van der Waals surface area (Å²) in [4.78, 5) is 1.48. The van der Waals surface area contributed by atoms with Crippen LogP contribution in [0.5, 0.6) is 0 Å². The minimum absolute atomic E-state index is 1.15. The SMILES string of the molecule is C1=CCCC(Cc2cccs2)=C1. The van der Waals surface area contributed by atoms with Gasteiger partial charge in [0.25, 0.3) is 0 Å². The van der Waals surface area contributed by atoms with E-state index < -0.39 is 0 Å². The predicted octanol–water partition coefficient (Wildman–Crippen LogP) is 3.57. The maximum Gasteiger partial charge on any atom is 0.00857 e. The Labute approximate surface area is 77.2 Å². The van der Waals surface area contributed by atoms with Gasteiger partial charge in [0, 0.05) is 11.3 Å². The quantitative estimate of drug-likeness (QED) is 0.646. The summed E-state index contributed by atoms with van der Waals surface area (Å²) in [6, 6.07) is 4.34. The second-order valence-corrected chi connectivity index (χ2v) is 4.08. The molecule has 12 heavy (non-hydrogen) atoms. The van der Waals surface area contributed by atoms with E-state index in [1.807, 2.05) is 11.3 Å². The number of rotatable bonds is 2. The molecule has 1 heterocycles. The molecule has 1 heteroatoms. The lowest BCUT2D eigenvalue weighted by molar-refractivity contribution is 0.918. The van der Waals surface area contributed by atoms with Gasteiger partial charge in [0.1, 0.15) is 0 Å². The minimum atomic E-state index is 1.15. The van der Waals surface area contributed by atoms with Gasteiger partial charge in [0.15, 0.2) is 0 Å². The van der Waals surface area contributed by atoms with Gasteiger partial charge in [-0.2, -0.15) is 0 Å². The molecule has 0 atom stereocenters.